The van der Waals surface area contributed by atoms with Crippen LogP contribution in [0, 0.1) is 0 Å². The van der Waals surface area contributed by atoms with Gasteiger partial charge in [-0.3, -0.25) is 4.79 Å². The molecule has 0 fully saturated rings. The quantitative estimate of drug-likeness (QED) is 0.470. The molecule has 3 nitrogen and oxygen atoms in total. The smallest absolute Gasteiger partial charge is 0.178 e. The lowest BCUT2D eigenvalue weighted by molar-refractivity contribution is -0.110. The fraction of sp³-hybridized carbons (Fsp3) is 0.0909. The molecule has 0 saturated carbocycles. The number of benzene rings is 2. The number of aromatic hydroxyl groups is 1. The maximum atomic E-state index is 12.1. The molecule has 2 aromatic carbocycles. The van der Waals surface area contributed by atoms with Crippen LogP contribution in [0.2, 0.25) is 13.1 Å². The first-order valence-corrected chi connectivity index (χ1v) is 12.0. The number of phenolic OH excluding ortho intramolecular Hbond substituents is 1. The summed E-state index contributed by atoms with van der Waals surface area (Å²) in [5.41, 5.74) is 5.07. The number of isothiocyanates is 1. The highest BCUT2D eigenvalue weighted by Gasteiger charge is 2.39. The Balaban J connectivity index is 2.03. The van der Waals surface area contributed by atoms with Gasteiger partial charge >= 0.3 is 0 Å². The Morgan fingerprint density at radius 2 is 1.81 bits per heavy atom. The SMILES string of the molecule is C[Si]1(C)C2=CC(=O)C=CC2=C(c2ccc(N=C=S)cc2)c2ccc(O)cc21. The third-order valence-electron chi connectivity index (χ3n) is 5.21. The zero-order valence-electron chi connectivity index (χ0n) is 15.0. The van der Waals surface area contributed by atoms with E-state index < -0.39 is 8.07 Å². The van der Waals surface area contributed by atoms with Crippen LogP contribution in [0.1, 0.15) is 11.1 Å². The average molecular weight is 388 g/mol. The summed E-state index contributed by atoms with van der Waals surface area (Å²) >= 11 is 4.68. The van der Waals surface area contributed by atoms with E-state index >= 15 is 0 Å². The molecule has 5 heteroatoms. The number of thiocarbonyl (C=S) groups is 1. The highest BCUT2D eigenvalue weighted by atomic mass is 32.1. The van der Waals surface area contributed by atoms with Crippen LogP contribution in [0.25, 0.3) is 5.57 Å². The maximum absolute atomic E-state index is 12.1. The number of hydrogen-bond acceptors (Lipinski definition) is 4. The van der Waals surface area contributed by atoms with Crippen LogP contribution in [0.4, 0.5) is 5.69 Å². The monoisotopic (exact) mass is 387 g/mol. The zero-order valence-corrected chi connectivity index (χ0v) is 16.8. The van der Waals surface area contributed by atoms with E-state index in [-0.39, 0.29) is 11.5 Å². The fourth-order valence-corrected chi connectivity index (χ4v) is 7.05. The number of ketones is 1. The summed E-state index contributed by atoms with van der Waals surface area (Å²) in [6.45, 7) is 4.44. The average Bonchev–Trinajstić information content (AvgIpc) is 2.65. The van der Waals surface area contributed by atoms with Crippen LogP contribution < -0.4 is 5.19 Å². The molecular formula is C22H17NO2SSi. The molecule has 1 heterocycles. The van der Waals surface area contributed by atoms with Gasteiger partial charge in [0, 0.05) is 0 Å². The van der Waals surface area contributed by atoms with Gasteiger partial charge in [0.15, 0.2) is 5.78 Å². The summed E-state index contributed by atoms with van der Waals surface area (Å²) in [6, 6.07) is 13.4. The highest BCUT2D eigenvalue weighted by molar-refractivity contribution is 7.78. The number of nitrogens with zero attached hydrogens (tertiary/aromatic N) is 1. The minimum Gasteiger partial charge on any atom is -0.508 e. The van der Waals surface area contributed by atoms with Gasteiger partial charge < -0.3 is 5.11 Å². The van der Waals surface area contributed by atoms with E-state index in [0.29, 0.717) is 0 Å². The summed E-state index contributed by atoms with van der Waals surface area (Å²) in [4.78, 5) is 16.1. The fourth-order valence-electron chi connectivity index (χ4n) is 3.88. The second-order valence-electron chi connectivity index (χ2n) is 7.19. The second-order valence-corrected chi connectivity index (χ2v) is 11.7. The molecule has 0 radical (unpaired) electrons. The van der Waals surface area contributed by atoms with Crippen molar-refractivity contribution in [1.29, 1.82) is 0 Å². The lowest BCUT2D eigenvalue weighted by Crippen LogP contribution is -2.49. The minimum atomic E-state index is -2.12. The molecule has 2 aliphatic rings. The lowest BCUT2D eigenvalue weighted by Gasteiger charge is -2.37. The number of hydrogen-bond donors (Lipinski definition) is 1. The minimum absolute atomic E-state index is 0.0166. The van der Waals surface area contributed by atoms with Crippen molar-refractivity contribution < 1.29 is 9.90 Å². The lowest BCUT2D eigenvalue weighted by atomic mass is 9.90. The molecule has 0 saturated heterocycles. The number of carbonyl (C=O) groups excluding carboxylic acids is 1. The van der Waals surface area contributed by atoms with Crippen LogP contribution >= 0.6 is 12.2 Å². The van der Waals surface area contributed by atoms with Crippen LogP contribution in [0.5, 0.6) is 5.75 Å². The molecule has 0 spiro atoms. The first-order chi connectivity index (χ1) is 12.9. The van der Waals surface area contributed by atoms with Crippen molar-refractivity contribution in [3.05, 3.63) is 82.6 Å². The molecule has 4 rings (SSSR count). The number of phenols is 1. The standard InChI is InChI=1S/C22H17NO2SSi/c1-27(2)20-11-16(24)7-9-18(20)22(19-10-8-17(25)12-21(19)27)14-3-5-15(6-4-14)23-13-26/h3-12,24H,1-2H3. The van der Waals surface area contributed by atoms with E-state index in [2.05, 4.69) is 35.5 Å². The van der Waals surface area contributed by atoms with E-state index in [1.807, 2.05) is 42.5 Å². The van der Waals surface area contributed by atoms with Crippen molar-refractivity contribution in [3.63, 3.8) is 0 Å². The van der Waals surface area contributed by atoms with Crippen molar-refractivity contribution in [2.24, 2.45) is 4.99 Å². The highest BCUT2D eigenvalue weighted by Crippen LogP contribution is 2.41. The van der Waals surface area contributed by atoms with Crippen molar-refractivity contribution in [2.45, 2.75) is 13.1 Å². The van der Waals surface area contributed by atoms with E-state index in [0.717, 1.165) is 38.3 Å². The van der Waals surface area contributed by atoms with Crippen molar-refractivity contribution >= 4 is 47.7 Å². The van der Waals surface area contributed by atoms with E-state index in [1.54, 1.807) is 18.2 Å². The second kappa shape index (κ2) is 6.39. The molecule has 0 unspecified atom stereocenters. The van der Waals surface area contributed by atoms with Crippen LogP contribution in [-0.4, -0.2) is 24.1 Å². The summed E-state index contributed by atoms with van der Waals surface area (Å²) in [5.74, 6) is 0.268. The first-order valence-electron chi connectivity index (χ1n) is 8.63. The molecule has 0 atom stereocenters. The molecule has 0 bridgehead atoms. The van der Waals surface area contributed by atoms with Crippen LogP contribution in [0.3, 0.4) is 0 Å². The van der Waals surface area contributed by atoms with Gasteiger partial charge in [-0.05, 0) is 81.3 Å². The Labute approximate surface area is 164 Å². The summed E-state index contributed by atoms with van der Waals surface area (Å²) in [6.07, 6.45) is 5.32. The maximum Gasteiger partial charge on any atom is 0.178 e. The number of allylic oxidation sites excluding steroid dienone is 5. The normalized spacial score (nSPS) is 17.0. The molecule has 1 N–H and O–H groups in total. The van der Waals surface area contributed by atoms with E-state index in [4.69, 9.17) is 0 Å². The Morgan fingerprint density at radius 1 is 1.07 bits per heavy atom. The largest absolute Gasteiger partial charge is 0.508 e. The van der Waals surface area contributed by atoms with Gasteiger partial charge in [-0.25, -0.2) is 0 Å². The van der Waals surface area contributed by atoms with Crippen LogP contribution in [0.15, 0.2) is 76.5 Å². The predicted molar refractivity (Wildman–Crippen MR) is 115 cm³/mol. The van der Waals surface area contributed by atoms with Crippen molar-refractivity contribution in [3.8, 4) is 5.75 Å². The molecule has 132 valence electrons. The van der Waals surface area contributed by atoms with Gasteiger partial charge in [0.25, 0.3) is 0 Å². The Bertz CT molecular complexity index is 1120. The summed E-state index contributed by atoms with van der Waals surface area (Å²) < 4.78 is 0. The third kappa shape index (κ3) is 2.86. The Morgan fingerprint density at radius 3 is 2.52 bits per heavy atom. The summed E-state index contributed by atoms with van der Waals surface area (Å²) in [7, 11) is -2.12. The molecule has 1 aliphatic carbocycles. The number of rotatable bonds is 2. The molecule has 27 heavy (non-hydrogen) atoms. The molecule has 1 aliphatic heterocycles. The van der Waals surface area contributed by atoms with Crippen molar-refractivity contribution in [2.75, 3.05) is 0 Å². The number of aliphatic imine (C=N–C) groups is 1. The van der Waals surface area contributed by atoms with Gasteiger partial charge in [0.2, 0.25) is 0 Å². The topological polar surface area (TPSA) is 49.7 Å². The summed E-state index contributed by atoms with van der Waals surface area (Å²) in [5, 5.41) is 14.7. The van der Waals surface area contributed by atoms with Gasteiger partial charge in [0.1, 0.15) is 13.8 Å². The van der Waals surface area contributed by atoms with Gasteiger partial charge in [0.05, 0.1) is 10.8 Å². The Hall–Kier alpha value is -2.85. The molecule has 2 aromatic rings. The van der Waals surface area contributed by atoms with Gasteiger partial charge in [-0.2, -0.15) is 4.99 Å². The predicted octanol–water partition coefficient (Wildman–Crippen LogP) is 4.46. The van der Waals surface area contributed by atoms with Gasteiger partial charge in [-0.1, -0.05) is 37.4 Å². The first kappa shape index (κ1) is 17.6. The van der Waals surface area contributed by atoms with Gasteiger partial charge in [-0.15, -0.1) is 0 Å². The van der Waals surface area contributed by atoms with Crippen LogP contribution in [-0.2, 0) is 4.79 Å². The number of fused-ring (bicyclic) bond motifs is 2. The molecular weight excluding hydrogens is 370 g/mol. The van der Waals surface area contributed by atoms with E-state index in [1.165, 1.54) is 0 Å². The third-order valence-corrected chi connectivity index (χ3v) is 8.82. The Kier molecular flexibility index (Phi) is 4.16. The molecule has 0 amide bonds. The van der Waals surface area contributed by atoms with Crippen molar-refractivity contribution in [1.82, 2.24) is 0 Å². The van der Waals surface area contributed by atoms with E-state index in [9.17, 15) is 9.90 Å². The zero-order chi connectivity index (χ0) is 19.2. The molecule has 0 aromatic heterocycles. The number of carbonyl (C=O) groups is 1.